The van der Waals surface area contributed by atoms with E-state index in [2.05, 4.69) is 5.32 Å². The van der Waals surface area contributed by atoms with E-state index in [-0.39, 0.29) is 16.5 Å². The molecule has 0 aromatic heterocycles. The van der Waals surface area contributed by atoms with Crippen LogP contribution in [0.4, 0.5) is 4.39 Å². The number of benzene rings is 1. The molecule has 110 valence electrons. The quantitative estimate of drug-likeness (QED) is 0.927. The van der Waals surface area contributed by atoms with Crippen molar-refractivity contribution in [3.63, 3.8) is 0 Å². The summed E-state index contributed by atoms with van der Waals surface area (Å²) in [6.07, 6.45) is 2.22. The molecule has 1 N–H and O–H groups in total. The van der Waals surface area contributed by atoms with Crippen LogP contribution in [0.1, 0.15) is 30.1 Å². The van der Waals surface area contributed by atoms with Gasteiger partial charge in [0.2, 0.25) is 0 Å². The fourth-order valence-corrected chi connectivity index (χ4v) is 2.85. The van der Waals surface area contributed by atoms with Crippen LogP contribution in [0.3, 0.4) is 0 Å². The van der Waals surface area contributed by atoms with Gasteiger partial charge in [0.1, 0.15) is 5.82 Å². The Morgan fingerprint density at radius 2 is 2.35 bits per heavy atom. The first-order valence-corrected chi connectivity index (χ1v) is 7.45. The van der Waals surface area contributed by atoms with Crippen LogP contribution in [0.2, 0.25) is 5.02 Å². The molecule has 2 rings (SSSR count). The number of nitrogens with one attached hydrogen (secondary N) is 1. The van der Waals surface area contributed by atoms with Crippen LogP contribution in [-0.4, -0.2) is 37.0 Å². The summed E-state index contributed by atoms with van der Waals surface area (Å²) in [5.74, 6) is -0.443. The molecule has 1 aromatic carbocycles. The molecule has 1 atom stereocenters. The van der Waals surface area contributed by atoms with Crippen molar-refractivity contribution in [1.82, 2.24) is 10.2 Å². The first kappa shape index (κ1) is 15.3. The molecule has 0 saturated carbocycles. The van der Waals surface area contributed by atoms with Crippen molar-refractivity contribution in [2.24, 2.45) is 5.92 Å². The van der Waals surface area contributed by atoms with Crippen LogP contribution in [-0.2, 0) is 0 Å². The van der Waals surface area contributed by atoms with E-state index in [1.165, 1.54) is 12.1 Å². The van der Waals surface area contributed by atoms with Crippen LogP contribution in [0.15, 0.2) is 18.2 Å². The predicted molar refractivity (Wildman–Crippen MR) is 78.6 cm³/mol. The third-order valence-corrected chi connectivity index (χ3v) is 4.04. The summed E-state index contributed by atoms with van der Waals surface area (Å²) in [4.78, 5) is 14.2. The van der Waals surface area contributed by atoms with Crippen molar-refractivity contribution in [3.8, 4) is 0 Å². The Morgan fingerprint density at radius 1 is 1.55 bits per heavy atom. The van der Waals surface area contributed by atoms with Crippen LogP contribution < -0.4 is 5.32 Å². The lowest BCUT2D eigenvalue weighted by Gasteiger charge is -2.29. The summed E-state index contributed by atoms with van der Waals surface area (Å²) in [7, 11) is 0. The third-order valence-electron chi connectivity index (χ3n) is 3.72. The molecule has 1 aliphatic heterocycles. The van der Waals surface area contributed by atoms with E-state index in [1.807, 2.05) is 6.92 Å². The van der Waals surface area contributed by atoms with Gasteiger partial charge in [-0.3, -0.25) is 4.79 Å². The van der Waals surface area contributed by atoms with Crippen molar-refractivity contribution in [2.75, 3.05) is 26.2 Å². The van der Waals surface area contributed by atoms with Crippen molar-refractivity contribution in [3.05, 3.63) is 34.6 Å². The van der Waals surface area contributed by atoms with Crippen molar-refractivity contribution < 1.29 is 9.18 Å². The molecule has 5 heteroatoms. The first-order valence-electron chi connectivity index (χ1n) is 7.07. The van der Waals surface area contributed by atoms with Gasteiger partial charge < -0.3 is 10.2 Å². The molecular weight excluding hydrogens is 279 g/mol. The monoisotopic (exact) mass is 298 g/mol. The average molecular weight is 299 g/mol. The molecule has 0 aliphatic carbocycles. The maximum Gasteiger partial charge on any atom is 0.258 e. The minimum atomic E-state index is -0.553. The Balaban J connectivity index is 2.12. The second-order valence-corrected chi connectivity index (χ2v) is 5.56. The molecule has 20 heavy (non-hydrogen) atoms. The average Bonchev–Trinajstić information content (AvgIpc) is 2.45. The van der Waals surface area contributed by atoms with Crippen LogP contribution in [0, 0.1) is 11.7 Å². The Bertz CT molecular complexity index is 455. The molecular formula is C15H20ClFN2O. The SMILES string of the molecule is CCN(CC1CCCNC1)C(=O)c1c(F)cccc1Cl. The molecule has 1 unspecified atom stereocenters. The lowest BCUT2D eigenvalue weighted by atomic mass is 9.98. The number of piperidine rings is 1. The predicted octanol–water partition coefficient (Wildman–Crippen LogP) is 2.94. The van der Waals surface area contributed by atoms with E-state index in [9.17, 15) is 9.18 Å². The lowest BCUT2D eigenvalue weighted by Crippen LogP contribution is -2.41. The van der Waals surface area contributed by atoms with Gasteiger partial charge in [0.15, 0.2) is 0 Å². The number of hydrogen-bond acceptors (Lipinski definition) is 2. The molecule has 0 radical (unpaired) electrons. The van der Waals surface area contributed by atoms with Crippen molar-refractivity contribution in [2.45, 2.75) is 19.8 Å². The number of nitrogens with zero attached hydrogens (tertiary/aromatic N) is 1. The van der Waals surface area contributed by atoms with Gasteiger partial charge >= 0.3 is 0 Å². The molecule has 3 nitrogen and oxygen atoms in total. The zero-order chi connectivity index (χ0) is 14.5. The highest BCUT2D eigenvalue weighted by Crippen LogP contribution is 2.22. The maximum atomic E-state index is 13.8. The van der Waals surface area contributed by atoms with Crippen LogP contribution >= 0.6 is 11.6 Å². The van der Waals surface area contributed by atoms with Crippen LogP contribution in [0.25, 0.3) is 0 Å². The first-order chi connectivity index (χ1) is 9.63. The summed E-state index contributed by atoms with van der Waals surface area (Å²) >= 11 is 5.97. The van der Waals surface area contributed by atoms with Crippen LogP contribution in [0.5, 0.6) is 0 Å². The summed E-state index contributed by atoms with van der Waals surface area (Å²) in [6.45, 7) is 5.06. The lowest BCUT2D eigenvalue weighted by molar-refractivity contribution is 0.0724. The Labute approximate surface area is 124 Å². The Morgan fingerprint density at radius 3 is 2.95 bits per heavy atom. The van der Waals surface area contributed by atoms with Gasteiger partial charge in [0.05, 0.1) is 10.6 Å². The summed E-state index contributed by atoms with van der Waals surface area (Å²) in [5, 5.41) is 3.50. The molecule has 1 aliphatic rings. The topological polar surface area (TPSA) is 32.3 Å². The molecule has 1 saturated heterocycles. The van der Waals surface area contributed by atoms with Gasteiger partial charge in [-0.1, -0.05) is 17.7 Å². The molecule has 1 aromatic rings. The van der Waals surface area contributed by atoms with E-state index in [0.717, 1.165) is 25.9 Å². The van der Waals surface area contributed by atoms with Gasteiger partial charge in [-0.05, 0) is 50.9 Å². The number of halogens is 2. The summed E-state index contributed by atoms with van der Waals surface area (Å²) < 4.78 is 13.8. The number of carbonyl (C=O) groups excluding carboxylic acids is 1. The minimum absolute atomic E-state index is 0.0141. The largest absolute Gasteiger partial charge is 0.338 e. The minimum Gasteiger partial charge on any atom is -0.338 e. The van der Waals surface area contributed by atoms with E-state index < -0.39 is 5.82 Å². The van der Waals surface area contributed by atoms with Crippen molar-refractivity contribution in [1.29, 1.82) is 0 Å². The van der Waals surface area contributed by atoms with E-state index >= 15 is 0 Å². The number of rotatable bonds is 4. The number of amides is 1. The molecule has 1 fully saturated rings. The highest BCUT2D eigenvalue weighted by atomic mass is 35.5. The zero-order valence-electron chi connectivity index (χ0n) is 11.7. The Hall–Kier alpha value is -1.13. The molecule has 0 spiro atoms. The molecule has 1 amide bonds. The maximum absolute atomic E-state index is 13.8. The second kappa shape index (κ2) is 7.04. The van der Waals surface area contributed by atoms with Gasteiger partial charge in [0, 0.05) is 13.1 Å². The van der Waals surface area contributed by atoms with Crippen molar-refractivity contribution >= 4 is 17.5 Å². The second-order valence-electron chi connectivity index (χ2n) is 5.15. The number of carbonyl (C=O) groups is 1. The number of hydrogen-bond donors (Lipinski definition) is 1. The summed E-state index contributed by atoms with van der Waals surface area (Å²) in [5.41, 5.74) is -0.0141. The fraction of sp³-hybridized carbons (Fsp3) is 0.533. The van der Waals surface area contributed by atoms with E-state index in [4.69, 9.17) is 11.6 Å². The van der Waals surface area contributed by atoms with E-state index in [0.29, 0.717) is 19.0 Å². The zero-order valence-corrected chi connectivity index (χ0v) is 12.4. The van der Waals surface area contributed by atoms with Gasteiger partial charge in [-0.25, -0.2) is 4.39 Å². The van der Waals surface area contributed by atoms with Gasteiger partial charge in [0.25, 0.3) is 5.91 Å². The normalized spacial score (nSPS) is 18.9. The standard InChI is InChI=1S/C15H20ClFN2O/c1-2-19(10-11-5-4-8-18-9-11)15(20)14-12(16)6-3-7-13(14)17/h3,6-7,11,18H,2,4-5,8-10H2,1H3. The summed E-state index contributed by atoms with van der Waals surface area (Å²) in [6, 6.07) is 4.33. The third kappa shape index (κ3) is 3.49. The fourth-order valence-electron chi connectivity index (χ4n) is 2.61. The molecule has 0 bridgehead atoms. The highest BCUT2D eigenvalue weighted by molar-refractivity contribution is 6.33. The highest BCUT2D eigenvalue weighted by Gasteiger charge is 2.24. The van der Waals surface area contributed by atoms with Gasteiger partial charge in [-0.15, -0.1) is 0 Å². The Kier molecular flexibility index (Phi) is 5.38. The van der Waals surface area contributed by atoms with Gasteiger partial charge in [-0.2, -0.15) is 0 Å². The van der Waals surface area contributed by atoms with E-state index in [1.54, 1.807) is 11.0 Å². The molecule has 1 heterocycles. The smallest absolute Gasteiger partial charge is 0.258 e.